The Morgan fingerprint density at radius 2 is 1.77 bits per heavy atom. The van der Waals surface area contributed by atoms with Gasteiger partial charge in [0.15, 0.2) is 5.90 Å². The lowest BCUT2D eigenvalue weighted by Gasteiger charge is -2.04. The Kier molecular flexibility index (Phi) is 6.96. The first kappa shape index (κ1) is 11.9. The van der Waals surface area contributed by atoms with E-state index in [1.165, 1.54) is 0 Å². The zero-order chi connectivity index (χ0) is 10.1. The summed E-state index contributed by atoms with van der Waals surface area (Å²) in [7, 11) is 0. The van der Waals surface area contributed by atoms with Crippen molar-refractivity contribution in [1.82, 2.24) is 0 Å². The van der Waals surface area contributed by atoms with Gasteiger partial charge in [-0.25, -0.2) is 4.99 Å². The van der Waals surface area contributed by atoms with Crippen molar-refractivity contribution in [2.75, 3.05) is 19.8 Å². The van der Waals surface area contributed by atoms with Crippen LogP contribution in [0.5, 0.6) is 0 Å². The maximum Gasteiger partial charge on any atom is 0.327 e. The molecule has 0 rings (SSSR count). The van der Waals surface area contributed by atoms with Crippen LogP contribution in [0, 0.1) is 0 Å². The largest absolute Gasteiger partial charge is 0.481 e. The molecule has 0 aromatic rings. The molecule has 0 atom stereocenters. The number of hydrogen-bond donors (Lipinski definition) is 0. The molecule has 4 nitrogen and oxygen atoms in total. The first-order chi connectivity index (χ1) is 6.24. The van der Waals surface area contributed by atoms with E-state index in [4.69, 9.17) is 9.47 Å². The molecule has 0 bridgehead atoms. The topological polar surface area (TPSA) is 47.9 Å². The molecular weight excluding hydrogens is 170 g/mol. The van der Waals surface area contributed by atoms with Crippen LogP contribution in [0.3, 0.4) is 0 Å². The van der Waals surface area contributed by atoms with Gasteiger partial charge >= 0.3 is 5.97 Å². The fraction of sp³-hybridized carbons (Fsp3) is 0.778. The summed E-state index contributed by atoms with van der Waals surface area (Å²) in [6.45, 7) is 6.61. The zero-order valence-corrected chi connectivity index (χ0v) is 8.50. The minimum Gasteiger partial charge on any atom is -0.481 e. The summed E-state index contributed by atoms with van der Waals surface area (Å²) in [5.41, 5.74) is 0. The monoisotopic (exact) mass is 187 g/mol. The number of carbonyl (C=O) groups excluding carboxylic acids is 1. The predicted molar refractivity (Wildman–Crippen MR) is 50.9 cm³/mol. The summed E-state index contributed by atoms with van der Waals surface area (Å²) in [5.74, 6) is 0.295. The molecule has 0 heterocycles. The Balaban J connectivity index is 3.83. The summed E-state index contributed by atoms with van der Waals surface area (Å²) >= 11 is 0. The normalized spacial score (nSPS) is 11.2. The number of nitrogens with zero attached hydrogens (tertiary/aromatic N) is 1. The molecule has 0 spiro atoms. The van der Waals surface area contributed by atoms with E-state index < -0.39 is 0 Å². The molecule has 0 aliphatic heterocycles. The Bertz CT molecular complexity index is 178. The smallest absolute Gasteiger partial charge is 0.327 e. The van der Waals surface area contributed by atoms with Crippen LogP contribution in [0.4, 0.5) is 0 Å². The van der Waals surface area contributed by atoms with E-state index >= 15 is 0 Å². The second-order valence-electron chi connectivity index (χ2n) is 2.30. The minimum absolute atomic E-state index is 0.0526. The Morgan fingerprint density at radius 1 is 1.15 bits per heavy atom. The van der Waals surface area contributed by atoms with Crippen LogP contribution >= 0.6 is 0 Å². The lowest BCUT2D eigenvalue weighted by molar-refractivity contribution is -0.141. The Labute approximate surface area is 78.9 Å². The highest BCUT2D eigenvalue weighted by atomic mass is 16.5. The van der Waals surface area contributed by atoms with Crippen LogP contribution < -0.4 is 0 Å². The van der Waals surface area contributed by atoms with E-state index in [1.807, 2.05) is 13.8 Å². The van der Waals surface area contributed by atoms with Gasteiger partial charge in [-0.05, 0) is 13.8 Å². The van der Waals surface area contributed by atoms with Crippen LogP contribution in [0.25, 0.3) is 0 Å². The maximum absolute atomic E-state index is 10.9. The summed E-state index contributed by atoms with van der Waals surface area (Å²) in [5, 5.41) is 0. The highest BCUT2D eigenvalue weighted by Crippen LogP contribution is 1.90. The SMILES string of the molecule is CCOC(=O)C/N=C(/CC)OCC. The van der Waals surface area contributed by atoms with Crippen LogP contribution in [-0.2, 0) is 14.3 Å². The van der Waals surface area contributed by atoms with Gasteiger partial charge in [0.05, 0.1) is 13.2 Å². The molecule has 0 aliphatic rings. The molecule has 76 valence electrons. The van der Waals surface area contributed by atoms with Gasteiger partial charge in [0.2, 0.25) is 0 Å². The highest BCUT2D eigenvalue weighted by molar-refractivity contribution is 5.80. The molecule has 0 N–H and O–H groups in total. The second kappa shape index (κ2) is 7.58. The molecule has 0 aromatic carbocycles. The van der Waals surface area contributed by atoms with Crippen molar-refractivity contribution in [2.24, 2.45) is 4.99 Å². The van der Waals surface area contributed by atoms with E-state index in [0.29, 0.717) is 25.5 Å². The average molecular weight is 187 g/mol. The molecule has 13 heavy (non-hydrogen) atoms. The van der Waals surface area contributed by atoms with Gasteiger partial charge in [-0.1, -0.05) is 6.92 Å². The summed E-state index contributed by atoms with van der Waals surface area (Å²) in [4.78, 5) is 14.9. The average Bonchev–Trinajstić information content (AvgIpc) is 2.12. The summed E-state index contributed by atoms with van der Waals surface area (Å²) in [6.07, 6.45) is 0.702. The highest BCUT2D eigenvalue weighted by Gasteiger charge is 2.01. The summed E-state index contributed by atoms with van der Waals surface area (Å²) in [6, 6.07) is 0. The number of esters is 1. The fourth-order valence-corrected chi connectivity index (χ4v) is 0.785. The van der Waals surface area contributed by atoms with E-state index in [9.17, 15) is 4.79 Å². The molecule has 0 unspecified atom stereocenters. The molecule has 0 aliphatic carbocycles. The third-order valence-corrected chi connectivity index (χ3v) is 1.30. The molecule has 0 saturated carbocycles. The van der Waals surface area contributed by atoms with Gasteiger partial charge in [-0.2, -0.15) is 0 Å². The molecular formula is C9H17NO3. The lowest BCUT2D eigenvalue weighted by atomic mass is 10.5. The van der Waals surface area contributed by atoms with Gasteiger partial charge in [-0.3, -0.25) is 4.79 Å². The van der Waals surface area contributed by atoms with Crippen LogP contribution in [-0.4, -0.2) is 31.6 Å². The van der Waals surface area contributed by atoms with E-state index in [0.717, 1.165) is 0 Å². The van der Waals surface area contributed by atoms with Gasteiger partial charge < -0.3 is 9.47 Å². The van der Waals surface area contributed by atoms with Crippen LogP contribution in [0.15, 0.2) is 4.99 Å². The number of hydrogen-bond acceptors (Lipinski definition) is 4. The zero-order valence-electron chi connectivity index (χ0n) is 8.50. The summed E-state index contributed by atoms with van der Waals surface area (Å²) < 4.78 is 9.88. The van der Waals surface area contributed by atoms with Gasteiger partial charge in [0.1, 0.15) is 6.54 Å². The molecule has 0 amide bonds. The minimum atomic E-state index is -0.312. The molecule has 0 fully saturated rings. The van der Waals surface area contributed by atoms with Crippen molar-refractivity contribution in [3.63, 3.8) is 0 Å². The number of ether oxygens (including phenoxy) is 2. The predicted octanol–water partition coefficient (Wildman–Crippen LogP) is 1.39. The number of rotatable bonds is 5. The first-order valence-electron chi connectivity index (χ1n) is 4.56. The van der Waals surface area contributed by atoms with Crippen LogP contribution in [0.1, 0.15) is 27.2 Å². The van der Waals surface area contributed by atoms with E-state index in [-0.39, 0.29) is 12.5 Å². The van der Waals surface area contributed by atoms with Crippen molar-refractivity contribution in [3.05, 3.63) is 0 Å². The Hall–Kier alpha value is -1.06. The number of aliphatic imine (C=N–C) groups is 1. The van der Waals surface area contributed by atoms with Crippen molar-refractivity contribution < 1.29 is 14.3 Å². The molecule has 0 aromatic heterocycles. The van der Waals surface area contributed by atoms with Crippen LogP contribution in [0.2, 0.25) is 0 Å². The van der Waals surface area contributed by atoms with Gasteiger partial charge in [0.25, 0.3) is 0 Å². The van der Waals surface area contributed by atoms with Crippen molar-refractivity contribution in [2.45, 2.75) is 27.2 Å². The fourth-order valence-electron chi connectivity index (χ4n) is 0.785. The molecule has 0 saturated heterocycles. The second-order valence-corrected chi connectivity index (χ2v) is 2.30. The van der Waals surface area contributed by atoms with E-state index in [1.54, 1.807) is 6.92 Å². The lowest BCUT2D eigenvalue weighted by Crippen LogP contribution is -2.11. The van der Waals surface area contributed by atoms with Gasteiger partial charge in [0, 0.05) is 6.42 Å². The van der Waals surface area contributed by atoms with Crippen molar-refractivity contribution in [1.29, 1.82) is 0 Å². The standard InChI is InChI=1S/C9H17NO3/c1-4-8(12-5-2)10-7-9(11)13-6-3/h4-7H2,1-3H3/b10-8-. The van der Waals surface area contributed by atoms with Crippen molar-refractivity contribution in [3.8, 4) is 0 Å². The quantitative estimate of drug-likeness (QED) is 0.371. The van der Waals surface area contributed by atoms with E-state index in [2.05, 4.69) is 4.99 Å². The third kappa shape index (κ3) is 6.13. The molecule has 0 radical (unpaired) electrons. The Morgan fingerprint density at radius 3 is 2.23 bits per heavy atom. The molecule has 4 heteroatoms. The number of carbonyl (C=O) groups is 1. The van der Waals surface area contributed by atoms with Gasteiger partial charge in [-0.15, -0.1) is 0 Å². The van der Waals surface area contributed by atoms with Crippen molar-refractivity contribution >= 4 is 11.9 Å². The maximum atomic E-state index is 10.9. The third-order valence-electron chi connectivity index (χ3n) is 1.30. The first-order valence-corrected chi connectivity index (χ1v) is 4.56.